The number of fused-ring (bicyclic) bond motifs is 1. The summed E-state index contributed by atoms with van der Waals surface area (Å²) in [6.45, 7) is 5.57. The Bertz CT molecular complexity index is 1150. The fraction of sp³-hybridized carbons (Fsp3) is 0.238. The van der Waals surface area contributed by atoms with Gasteiger partial charge in [0.2, 0.25) is 0 Å². The first-order chi connectivity index (χ1) is 13.2. The van der Waals surface area contributed by atoms with Gasteiger partial charge in [0.25, 0.3) is 0 Å². The maximum atomic E-state index is 13.2. The summed E-state index contributed by atoms with van der Waals surface area (Å²) in [7, 11) is 0. The maximum Gasteiger partial charge on any atom is 0.199 e. The number of aromatic hydroxyl groups is 1. The predicted octanol–water partition coefficient (Wildman–Crippen LogP) is 3.81. The van der Waals surface area contributed by atoms with Gasteiger partial charge >= 0.3 is 0 Å². The summed E-state index contributed by atoms with van der Waals surface area (Å²) in [6.07, 6.45) is 1.81. The first kappa shape index (κ1) is 18.2. The Morgan fingerprint density at radius 2 is 1.82 bits per heavy atom. The summed E-state index contributed by atoms with van der Waals surface area (Å²) in [4.78, 5) is 0. The highest BCUT2D eigenvalue weighted by Crippen LogP contribution is 2.32. The summed E-state index contributed by atoms with van der Waals surface area (Å²) in [5.41, 5.74) is 2.18. The van der Waals surface area contributed by atoms with Crippen molar-refractivity contribution in [1.29, 1.82) is 0 Å². The lowest BCUT2D eigenvalue weighted by atomic mass is 10.1. The average molecular weight is 380 g/mol. The van der Waals surface area contributed by atoms with Crippen molar-refractivity contribution in [3.05, 3.63) is 60.2 Å². The molecule has 0 aliphatic rings. The normalized spacial score (nSPS) is 12.0. The molecule has 4 aromatic rings. The van der Waals surface area contributed by atoms with Gasteiger partial charge in [-0.05, 0) is 57.2 Å². The second kappa shape index (κ2) is 6.45. The molecule has 0 radical (unpaired) electrons. The van der Waals surface area contributed by atoms with Gasteiger partial charge in [-0.25, -0.2) is 9.07 Å². The topological polar surface area (TPSA) is 76.1 Å². The van der Waals surface area contributed by atoms with E-state index in [1.54, 1.807) is 35.2 Å². The van der Waals surface area contributed by atoms with Crippen molar-refractivity contribution < 1.29 is 14.6 Å². The molecule has 28 heavy (non-hydrogen) atoms. The minimum absolute atomic E-state index is 0.121. The molecule has 0 unspecified atom stereocenters. The number of rotatable bonds is 4. The summed E-state index contributed by atoms with van der Waals surface area (Å²) in [6, 6.07) is 11.7. The molecule has 0 fully saturated rings. The Morgan fingerprint density at radius 3 is 2.50 bits per heavy atom. The Kier molecular flexibility index (Phi) is 4.19. The first-order valence-corrected chi connectivity index (χ1v) is 8.96. The molecule has 144 valence electrons. The van der Waals surface area contributed by atoms with E-state index in [2.05, 4.69) is 10.3 Å². The van der Waals surface area contributed by atoms with Crippen LogP contribution in [0.1, 0.15) is 19.5 Å². The molecule has 2 aromatic carbocycles. The second-order valence-electron chi connectivity index (χ2n) is 7.61. The zero-order chi connectivity index (χ0) is 20.1. The second-order valence-corrected chi connectivity index (χ2v) is 7.61. The third kappa shape index (κ3) is 3.25. The Labute approximate surface area is 161 Å². The van der Waals surface area contributed by atoms with E-state index >= 15 is 0 Å². The van der Waals surface area contributed by atoms with Crippen LogP contribution in [0, 0.1) is 12.7 Å². The largest absolute Gasteiger partial charge is 0.494 e. The van der Waals surface area contributed by atoms with E-state index in [1.165, 1.54) is 12.1 Å². The fourth-order valence-corrected chi connectivity index (χ4v) is 3.37. The van der Waals surface area contributed by atoms with E-state index < -0.39 is 5.60 Å². The van der Waals surface area contributed by atoms with Gasteiger partial charge in [-0.2, -0.15) is 0 Å². The Balaban J connectivity index is 1.75. The number of halogens is 1. The van der Waals surface area contributed by atoms with Crippen molar-refractivity contribution in [2.24, 2.45) is 0 Å². The third-order valence-electron chi connectivity index (χ3n) is 4.66. The van der Waals surface area contributed by atoms with E-state index in [4.69, 9.17) is 0 Å². The Hall–Kier alpha value is -3.19. The van der Waals surface area contributed by atoms with Crippen LogP contribution in [-0.4, -0.2) is 35.4 Å². The third-order valence-corrected chi connectivity index (χ3v) is 4.66. The first-order valence-electron chi connectivity index (χ1n) is 8.96. The molecular weight excluding hydrogens is 359 g/mol. The van der Waals surface area contributed by atoms with E-state index in [9.17, 15) is 14.6 Å². The van der Waals surface area contributed by atoms with Crippen molar-refractivity contribution >= 4 is 10.8 Å². The van der Waals surface area contributed by atoms with Crippen LogP contribution in [-0.2, 0) is 6.54 Å². The molecule has 0 aliphatic carbocycles. The predicted molar refractivity (Wildman–Crippen MR) is 105 cm³/mol. The van der Waals surface area contributed by atoms with E-state index in [0.29, 0.717) is 11.1 Å². The fourth-order valence-electron chi connectivity index (χ4n) is 3.37. The van der Waals surface area contributed by atoms with Crippen LogP contribution in [0.2, 0.25) is 0 Å². The van der Waals surface area contributed by atoms with Gasteiger partial charge < -0.3 is 14.8 Å². The zero-order valence-corrected chi connectivity index (χ0v) is 15.9. The molecule has 2 heterocycles. The minimum Gasteiger partial charge on any atom is -0.494 e. The highest BCUT2D eigenvalue weighted by atomic mass is 19.1. The van der Waals surface area contributed by atoms with Gasteiger partial charge in [0, 0.05) is 22.5 Å². The highest BCUT2D eigenvalue weighted by Gasteiger charge is 2.19. The molecule has 4 rings (SSSR count). The maximum absolute atomic E-state index is 13.2. The number of hydrogen-bond acceptors (Lipinski definition) is 4. The summed E-state index contributed by atoms with van der Waals surface area (Å²) >= 11 is 0. The van der Waals surface area contributed by atoms with Gasteiger partial charge in [0.15, 0.2) is 5.88 Å². The van der Waals surface area contributed by atoms with Gasteiger partial charge in [-0.3, -0.25) is 0 Å². The molecule has 0 aliphatic heterocycles. The van der Waals surface area contributed by atoms with E-state index in [-0.39, 0.29) is 18.2 Å². The number of hydrogen-bond donors (Lipinski definition) is 2. The van der Waals surface area contributed by atoms with Crippen LogP contribution in [0.15, 0.2) is 48.7 Å². The van der Waals surface area contributed by atoms with Crippen molar-refractivity contribution in [3.8, 4) is 22.8 Å². The molecule has 2 aromatic heterocycles. The molecule has 0 atom stereocenters. The standard InChI is InChI=1S/C21H21FN4O2/c1-13-19(23-24-26(13)17-7-5-16(22)6-8-17)14-4-9-18-15(10-14)11-25(20(18)27)12-21(2,3)28/h4-11,27-28H,12H2,1-3H3. The molecule has 6 nitrogen and oxygen atoms in total. The minimum atomic E-state index is -0.941. The van der Waals surface area contributed by atoms with Crippen LogP contribution < -0.4 is 0 Å². The summed E-state index contributed by atoms with van der Waals surface area (Å²) in [5, 5.41) is 30.5. The van der Waals surface area contributed by atoms with Crippen molar-refractivity contribution in [2.45, 2.75) is 32.9 Å². The van der Waals surface area contributed by atoms with E-state index in [1.807, 2.05) is 31.3 Å². The van der Waals surface area contributed by atoms with Gasteiger partial charge in [-0.1, -0.05) is 11.3 Å². The number of aliphatic hydroxyl groups is 1. The zero-order valence-electron chi connectivity index (χ0n) is 15.9. The monoisotopic (exact) mass is 380 g/mol. The SMILES string of the molecule is Cc1c(-c2ccc3c(O)n(CC(C)(C)O)cc3c2)nnn1-c1ccc(F)cc1. The van der Waals surface area contributed by atoms with Crippen LogP contribution in [0.4, 0.5) is 4.39 Å². The van der Waals surface area contributed by atoms with Crippen molar-refractivity contribution in [1.82, 2.24) is 19.6 Å². The van der Waals surface area contributed by atoms with Crippen LogP contribution in [0.3, 0.4) is 0 Å². The van der Waals surface area contributed by atoms with E-state index in [0.717, 1.165) is 22.3 Å². The van der Waals surface area contributed by atoms with Crippen molar-refractivity contribution in [3.63, 3.8) is 0 Å². The van der Waals surface area contributed by atoms with Gasteiger partial charge in [0.05, 0.1) is 23.5 Å². The lowest BCUT2D eigenvalue weighted by Gasteiger charge is -2.18. The smallest absolute Gasteiger partial charge is 0.199 e. The number of nitrogens with zero attached hydrogens (tertiary/aromatic N) is 4. The molecule has 0 saturated heterocycles. The quantitative estimate of drug-likeness (QED) is 0.564. The van der Waals surface area contributed by atoms with Crippen molar-refractivity contribution in [2.75, 3.05) is 0 Å². The summed E-state index contributed by atoms with van der Waals surface area (Å²) < 4.78 is 16.5. The average Bonchev–Trinajstić information content (AvgIpc) is 3.15. The molecular formula is C21H21FN4O2. The van der Waals surface area contributed by atoms with Gasteiger partial charge in [-0.15, -0.1) is 5.10 Å². The lowest BCUT2D eigenvalue weighted by molar-refractivity contribution is 0.0594. The molecule has 0 spiro atoms. The van der Waals surface area contributed by atoms with Crippen LogP contribution >= 0.6 is 0 Å². The highest BCUT2D eigenvalue weighted by molar-refractivity contribution is 5.91. The molecule has 2 N–H and O–H groups in total. The number of benzene rings is 2. The summed E-state index contributed by atoms with van der Waals surface area (Å²) in [5.74, 6) is -0.182. The molecule has 7 heteroatoms. The van der Waals surface area contributed by atoms with Crippen LogP contribution in [0.5, 0.6) is 5.88 Å². The molecule has 0 amide bonds. The Morgan fingerprint density at radius 1 is 1.11 bits per heavy atom. The van der Waals surface area contributed by atoms with Gasteiger partial charge in [0.1, 0.15) is 11.5 Å². The molecule has 0 bridgehead atoms. The lowest BCUT2D eigenvalue weighted by Crippen LogP contribution is -2.25. The number of aromatic nitrogens is 4. The molecule has 0 saturated carbocycles. The van der Waals surface area contributed by atoms with Crippen LogP contribution in [0.25, 0.3) is 27.7 Å².